The maximum Gasteiger partial charge on any atom is 0.247 e. The molecule has 22 heavy (non-hydrogen) atoms. The van der Waals surface area contributed by atoms with Crippen LogP contribution < -0.4 is 4.74 Å². The van der Waals surface area contributed by atoms with Gasteiger partial charge in [0, 0.05) is 16.7 Å². The molecule has 1 saturated carbocycles. The quantitative estimate of drug-likeness (QED) is 0.633. The van der Waals surface area contributed by atoms with Crippen LogP contribution in [0.1, 0.15) is 12.8 Å². The molecule has 1 aliphatic carbocycles. The predicted molar refractivity (Wildman–Crippen MR) is 88.2 cm³/mol. The van der Waals surface area contributed by atoms with Gasteiger partial charge in [-0.3, -0.25) is 0 Å². The molecule has 1 fully saturated rings. The lowest BCUT2D eigenvalue weighted by atomic mass is 10.3. The molecule has 0 bridgehead atoms. The first-order chi connectivity index (χ1) is 10.7. The van der Waals surface area contributed by atoms with Gasteiger partial charge in [0.1, 0.15) is 17.0 Å². The number of nitrogens with zero attached hydrogens (tertiary/aromatic N) is 2. The molecule has 6 heteroatoms. The summed E-state index contributed by atoms with van der Waals surface area (Å²) in [5, 5.41) is 0.492. The van der Waals surface area contributed by atoms with Crippen LogP contribution in [0, 0.1) is 5.92 Å². The molecule has 4 rings (SSSR count). The highest BCUT2D eigenvalue weighted by atomic mass is 79.9. The van der Waals surface area contributed by atoms with Gasteiger partial charge in [-0.2, -0.15) is 0 Å². The summed E-state index contributed by atoms with van der Waals surface area (Å²) < 4.78 is 12.4. The van der Waals surface area contributed by atoms with Crippen molar-refractivity contribution in [1.82, 2.24) is 9.97 Å². The minimum absolute atomic E-state index is 0.409. The number of ether oxygens (including phenoxy) is 1. The first-order valence-electron chi connectivity index (χ1n) is 7.04. The number of hydrogen-bond acceptors (Lipinski definition) is 4. The van der Waals surface area contributed by atoms with E-state index in [1.807, 2.05) is 18.2 Å². The minimum Gasteiger partial charge on any atom is -0.493 e. The molecule has 0 atom stereocenters. The predicted octanol–water partition coefficient (Wildman–Crippen LogP) is 5.09. The number of pyridine rings is 1. The van der Waals surface area contributed by atoms with E-state index in [9.17, 15) is 0 Å². The standard InChI is InChI=1S/C16H12BrClN2O2/c17-10-5-12(18)15(19-7-10)16-20-13-4-3-11(6-14(13)22-16)21-8-9-1-2-9/h3-7,9H,1-2,8H2. The Hall–Kier alpha value is -1.59. The Morgan fingerprint density at radius 3 is 2.95 bits per heavy atom. The van der Waals surface area contributed by atoms with Gasteiger partial charge in [-0.15, -0.1) is 0 Å². The Balaban J connectivity index is 1.67. The summed E-state index contributed by atoms with van der Waals surface area (Å²) >= 11 is 9.53. The maximum atomic E-state index is 6.20. The second-order valence-electron chi connectivity index (χ2n) is 5.39. The van der Waals surface area contributed by atoms with Gasteiger partial charge in [0.25, 0.3) is 0 Å². The number of rotatable bonds is 4. The second-order valence-corrected chi connectivity index (χ2v) is 6.71. The van der Waals surface area contributed by atoms with E-state index >= 15 is 0 Å². The molecule has 4 nitrogen and oxygen atoms in total. The summed E-state index contributed by atoms with van der Waals surface area (Å²) in [4.78, 5) is 8.70. The fourth-order valence-electron chi connectivity index (χ4n) is 2.17. The van der Waals surface area contributed by atoms with E-state index < -0.39 is 0 Å². The van der Waals surface area contributed by atoms with Crippen molar-refractivity contribution in [3.63, 3.8) is 0 Å². The average Bonchev–Trinajstić information content (AvgIpc) is 3.23. The monoisotopic (exact) mass is 378 g/mol. The van der Waals surface area contributed by atoms with Crippen LogP contribution in [0.2, 0.25) is 5.02 Å². The van der Waals surface area contributed by atoms with Gasteiger partial charge in [0.2, 0.25) is 5.89 Å². The lowest BCUT2D eigenvalue weighted by Crippen LogP contribution is -1.98. The Morgan fingerprint density at radius 2 is 2.18 bits per heavy atom. The molecule has 1 aromatic carbocycles. The SMILES string of the molecule is Clc1cc(Br)cnc1-c1nc2ccc(OCC3CC3)cc2o1. The molecular weight excluding hydrogens is 368 g/mol. The molecule has 0 spiro atoms. The molecule has 3 aromatic rings. The minimum atomic E-state index is 0.409. The summed E-state index contributed by atoms with van der Waals surface area (Å²) in [5.41, 5.74) is 1.96. The zero-order valence-corrected chi connectivity index (χ0v) is 13.9. The fraction of sp³-hybridized carbons (Fsp3) is 0.250. The van der Waals surface area contributed by atoms with Gasteiger partial charge in [0.05, 0.1) is 11.6 Å². The van der Waals surface area contributed by atoms with Crippen molar-refractivity contribution < 1.29 is 9.15 Å². The van der Waals surface area contributed by atoms with Crippen LogP contribution in [0.25, 0.3) is 22.7 Å². The normalized spacial score (nSPS) is 14.5. The van der Waals surface area contributed by atoms with Crippen LogP contribution in [-0.4, -0.2) is 16.6 Å². The zero-order chi connectivity index (χ0) is 15.1. The average molecular weight is 380 g/mol. The van der Waals surface area contributed by atoms with Crippen molar-refractivity contribution in [2.45, 2.75) is 12.8 Å². The van der Waals surface area contributed by atoms with E-state index in [2.05, 4.69) is 25.9 Å². The summed E-state index contributed by atoms with van der Waals surface area (Å²) in [5.74, 6) is 1.93. The third kappa shape index (κ3) is 2.83. The van der Waals surface area contributed by atoms with E-state index in [4.69, 9.17) is 20.8 Å². The van der Waals surface area contributed by atoms with Crippen LogP contribution in [0.4, 0.5) is 0 Å². The van der Waals surface area contributed by atoms with Gasteiger partial charge in [-0.1, -0.05) is 11.6 Å². The van der Waals surface area contributed by atoms with Crippen LogP contribution in [0.5, 0.6) is 5.75 Å². The highest BCUT2D eigenvalue weighted by molar-refractivity contribution is 9.10. The first kappa shape index (κ1) is 14.0. The Morgan fingerprint density at radius 1 is 1.32 bits per heavy atom. The first-order valence-corrected chi connectivity index (χ1v) is 8.21. The molecule has 112 valence electrons. The Kier molecular flexibility index (Phi) is 3.54. The Bertz CT molecular complexity index is 845. The summed E-state index contributed by atoms with van der Waals surface area (Å²) in [6, 6.07) is 7.43. The summed E-state index contributed by atoms with van der Waals surface area (Å²) in [6.45, 7) is 0.770. The van der Waals surface area contributed by atoms with Gasteiger partial charge in [-0.05, 0) is 52.9 Å². The van der Waals surface area contributed by atoms with Crippen LogP contribution in [0.15, 0.2) is 39.4 Å². The molecule has 2 aromatic heterocycles. The number of aromatic nitrogens is 2. The summed E-state index contributed by atoms with van der Waals surface area (Å²) in [6.07, 6.45) is 4.20. The van der Waals surface area contributed by atoms with Gasteiger partial charge in [0.15, 0.2) is 5.58 Å². The molecule has 0 unspecified atom stereocenters. The van der Waals surface area contributed by atoms with Crippen molar-refractivity contribution in [3.8, 4) is 17.3 Å². The van der Waals surface area contributed by atoms with E-state index in [-0.39, 0.29) is 0 Å². The number of halogens is 2. The highest BCUT2D eigenvalue weighted by Crippen LogP contribution is 2.32. The highest BCUT2D eigenvalue weighted by Gasteiger charge is 2.22. The topological polar surface area (TPSA) is 48.2 Å². The fourth-order valence-corrected chi connectivity index (χ4v) is 2.88. The third-order valence-electron chi connectivity index (χ3n) is 3.55. The Labute approximate surface area is 140 Å². The second kappa shape index (κ2) is 5.56. The summed E-state index contributed by atoms with van der Waals surface area (Å²) in [7, 11) is 0. The largest absolute Gasteiger partial charge is 0.493 e. The number of fused-ring (bicyclic) bond motifs is 1. The van der Waals surface area contributed by atoms with E-state index in [1.165, 1.54) is 12.8 Å². The molecule has 2 heterocycles. The van der Waals surface area contributed by atoms with E-state index in [1.54, 1.807) is 12.3 Å². The molecule has 0 aliphatic heterocycles. The lowest BCUT2D eigenvalue weighted by Gasteiger charge is -2.03. The molecule has 0 N–H and O–H groups in total. The molecule has 1 aliphatic rings. The lowest BCUT2D eigenvalue weighted by molar-refractivity contribution is 0.300. The van der Waals surface area contributed by atoms with Crippen molar-refractivity contribution in [2.24, 2.45) is 5.92 Å². The van der Waals surface area contributed by atoms with E-state index in [0.717, 1.165) is 22.3 Å². The van der Waals surface area contributed by atoms with Crippen LogP contribution in [0.3, 0.4) is 0 Å². The van der Waals surface area contributed by atoms with Crippen molar-refractivity contribution in [1.29, 1.82) is 0 Å². The maximum absolute atomic E-state index is 6.20. The van der Waals surface area contributed by atoms with Crippen molar-refractivity contribution >= 4 is 38.6 Å². The number of hydrogen-bond donors (Lipinski definition) is 0. The van der Waals surface area contributed by atoms with Crippen molar-refractivity contribution in [2.75, 3.05) is 6.61 Å². The smallest absolute Gasteiger partial charge is 0.247 e. The number of oxazole rings is 1. The van der Waals surface area contributed by atoms with Gasteiger partial charge < -0.3 is 9.15 Å². The molecular formula is C16H12BrClN2O2. The van der Waals surface area contributed by atoms with Crippen LogP contribution >= 0.6 is 27.5 Å². The zero-order valence-electron chi connectivity index (χ0n) is 11.6. The van der Waals surface area contributed by atoms with Gasteiger partial charge >= 0.3 is 0 Å². The molecule has 0 radical (unpaired) electrons. The van der Waals surface area contributed by atoms with Gasteiger partial charge in [-0.25, -0.2) is 9.97 Å². The van der Waals surface area contributed by atoms with Crippen LogP contribution in [-0.2, 0) is 0 Å². The van der Waals surface area contributed by atoms with Crippen molar-refractivity contribution in [3.05, 3.63) is 40.0 Å². The number of benzene rings is 1. The molecule has 0 amide bonds. The van der Waals surface area contributed by atoms with E-state index in [0.29, 0.717) is 28.1 Å². The molecule has 0 saturated heterocycles. The third-order valence-corrected chi connectivity index (χ3v) is 4.27.